The second kappa shape index (κ2) is 9.06. The number of amides is 2. The predicted octanol–water partition coefficient (Wildman–Crippen LogP) is 4.42. The van der Waals surface area contributed by atoms with Gasteiger partial charge in [0.1, 0.15) is 17.3 Å². The summed E-state index contributed by atoms with van der Waals surface area (Å²) in [7, 11) is 0. The molecule has 0 fully saturated rings. The average Bonchev–Trinajstić information content (AvgIpc) is 2.77. The topological polar surface area (TPSA) is 67.9 Å². The highest BCUT2D eigenvalue weighted by molar-refractivity contribution is 6.30. The largest absolute Gasteiger partial charge is 0.484 e. The van der Waals surface area contributed by atoms with E-state index in [1.54, 1.807) is 60.7 Å². The van der Waals surface area contributed by atoms with Gasteiger partial charge in [-0.05, 0) is 48.5 Å². The molecule has 0 saturated heterocycles. The first-order valence-corrected chi connectivity index (χ1v) is 9.86. The lowest BCUT2D eigenvalue weighted by Crippen LogP contribution is -2.38. The molecule has 3 aromatic carbocycles. The number of carbonyl (C=O) groups excluding carboxylic acids is 2. The second-order valence-electron chi connectivity index (χ2n) is 6.83. The molecule has 0 saturated carbocycles. The van der Waals surface area contributed by atoms with E-state index in [1.807, 2.05) is 0 Å². The summed E-state index contributed by atoms with van der Waals surface area (Å²) < 4.78 is 25.0. The van der Waals surface area contributed by atoms with Crippen LogP contribution in [0.1, 0.15) is 5.56 Å². The minimum atomic E-state index is -0.396. The molecule has 158 valence electrons. The quantitative estimate of drug-likeness (QED) is 0.616. The van der Waals surface area contributed by atoms with Gasteiger partial charge in [0, 0.05) is 16.3 Å². The van der Waals surface area contributed by atoms with Gasteiger partial charge in [-0.25, -0.2) is 4.39 Å². The molecule has 1 N–H and O–H groups in total. The fourth-order valence-electron chi connectivity index (χ4n) is 3.13. The van der Waals surface area contributed by atoms with Gasteiger partial charge in [0.15, 0.2) is 13.2 Å². The third-order valence-electron chi connectivity index (χ3n) is 4.66. The van der Waals surface area contributed by atoms with E-state index in [4.69, 9.17) is 21.1 Å². The molecule has 1 aliphatic heterocycles. The summed E-state index contributed by atoms with van der Waals surface area (Å²) >= 11 is 5.83. The van der Waals surface area contributed by atoms with Crippen LogP contribution >= 0.6 is 11.6 Å². The molecule has 0 aliphatic carbocycles. The lowest BCUT2D eigenvalue weighted by Gasteiger charge is -2.30. The van der Waals surface area contributed by atoms with Crippen molar-refractivity contribution < 1.29 is 23.5 Å². The van der Waals surface area contributed by atoms with E-state index in [0.717, 1.165) is 0 Å². The number of nitrogens with zero attached hydrogens (tertiary/aromatic N) is 1. The first-order chi connectivity index (χ1) is 15.0. The maximum Gasteiger partial charge on any atom is 0.265 e. The standard InChI is InChI=1S/C23H18ClFN2O4/c24-16-5-8-18(9-6-16)30-13-22(28)26-17-7-10-21-20(11-17)27(23(29)14-31-21)12-15-3-1-2-4-19(15)25/h1-11H,12-14H2,(H,26,28). The van der Waals surface area contributed by atoms with Crippen LogP contribution in [-0.4, -0.2) is 25.0 Å². The molecule has 3 aromatic rings. The Hall–Kier alpha value is -3.58. The predicted molar refractivity (Wildman–Crippen MR) is 115 cm³/mol. The molecular formula is C23H18ClFN2O4. The Morgan fingerprint density at radius 1 is 1.13 bits per heavy atom. The van der Waals surface area contributed by atoms with Gasteiger partial charge in [-0.1, -0.05) is 29.8 Å². The molecule has 2 amide bonds. The Balaban J connectivity index is 1.47. The number of hydrogen-bond donors (Lipinski definition) is 1. The fourth-order valence-corrected chi connectivity index (χ4v) is 3.25. The zero-order chi connectivity index (χ0) is 21.8. The lowest BCUT2D eigenvalue weighted by atomic mass is 10.1. The summed E-state index contributed by atoms with van der Waals surface area (Å²) in [5.74, 6) is -0.0811. The number of benzene rings is 3. The Morgan fingerprint density at radius 2 is 1.90 bits per heavy atom. The van der Waals surface area contributed by atoms with Gasteiger partial charge in [0.2, 0.25) is 0 Å². The average molecular weight is 441 g/mol. The van der Waals surface area contributed by atoms with E-state index in [9.17, 15) is 14.0 Å². The summed E-state index contributed by atoms with van der Waals surface area (Å²) in [6.07, 6.45) is 0. The maximum atomic E-state index is 14.1. The van der Waals surface area contributed by atoms with Gasteiger partial charge in [-0.3, -0.25) is 9.59 Å². The zero-order valence-corrected chi connectivity index (χ0v) is 17.1. The SMILES string of the molecule is O=C(COc1ccc(Cl)cc1)Nc1ccc2c(c1)N(Cc1ccccc1F)C(=O)CO2. The van der Waals surface area contributed by atoms with Crippen molar-refractivity contribution in [1.82, 2.24) is 0 Å². The molecule has 0 radical (unpaired) electrons. The van der Waals surface area contributed by atoms with Crippen molar-refractivity contribution in [2.24, 2.45) is 0 Å². The van der Waals surface area contributed by atoms with Gasteiger partial charge in [0.05, 0.1) is 12.2 Å². The van der Waals surface area contributed by atoms with Crippen LogP contribution in [0, 0.1) is 5.82 Å². The number of nitrogens with one attached hydrogen (secondary N) is 1. The molecule has 8 heteroatoms. The van der Waals surface area contributed by atoms with E-state index >= 15 is 0 Å². The van der Waals surface area contributed by atoms with Crippen LogP contribution in [-0.2, 0) is 16.1 Å². The summed E-state index contributed by atoms with van der Waals surface area (Å²) in [4.78, 5) is 26.2. The highest BCUT2D eigenvalue weighted by atomic mass is 35.5. The Morgan fingerprint density at radius 3 is 2.68 bits per heavy atom. The first-order valence-electron chi connectivity index (χ1n) is 9.48. The van der Waals surface area contributed by atoms with Gasteiger partial charge >= 0.3 is 0 Å². The summed E-state index contributed by atoms with van der Waals surface area (Å²) in [6, 6.07) is 17.9. The van der Waals surface area contributed by atoms with Crippen molar-refractivity contribution >= 4 is 34.8 Å². The van der Waals surface area contributed by atoms with Gasteiger partial charge < -0.3 is 19.7 Å². The Bertz CT molecular complexity index is 1120. The van der Waals surface area contributed by atoms with Gasteiger partial charge in [-0.2, -0.15) is 0 Å². The van der Waals surface area contributed by atoms with Crippen LogP contribution in [0.2, 0.25) is 5.02 Å². The summed E-state index contributed by atoms with van der Waals surface area (Å²) in [6.45, 7) is -0.284. The van der Waals surface area contributed by atoms with Crippen LogP contribution in [0.5, 0.6) is 11.5 Å². The van der Waals surface area contributed by atoms with Crippen LogP contribution in [0.25, 0.3) is 0 Å². The molecule has 0 bridgehead atoms. The molecule has 0 atom stereocenters. The Labute approximate surface area is 183 Å². The molecule has 6 nitrogen and oxygen atoms in total. The van der Waals surface area contributed by atoms with E-state index in [-0.39, 0.29) is 31.6 Å². The molecule has 0 spiro atoms. The van der Waals surface area contributed by atoms with Crippen LogP contribution < -0.4 is 19.7 Å². The Kier molecular flexibility index (Phi) is 6.04. The number of hydrogen-bond acceptors (Lipinski definition) is 4. The van der Waals surface area contributed by atoms with Gasteiger partial charge in [-0.15, -0.1) is 0 Å². The van der Waals surface area contributed by atoms with Gasteiger partial charge in [0.25, 0.3) is 11.8 Å². The first kappa shape index (κ1) is 20.7. The molecule has 31 heavy (non-hydrogen) atoms. The van der Waals surface area contributed by atoms with Crippen LogP contribution in [0.15, 0.2) is 66.7 Å². The monoisotopic (exact) mass is 440 g/mol. The van der Waals surface area contributed by atoms with E-state index in [2.05, 4.69) is 5.32 Å². The van der Waals surface area contributed by atoms with Crippen molar-refractivity contribution in [3.8, 4) is 11.5 Å². The van der Waals surface area contributed by atoms with Crippen molar-refractivity contribution in [1.29, 1.82) is 0 Å². The van der Waals surface area contributed by atoms with Crippen LogP contribution in [0.4, 0.5) is 15.8 Å². The maximum absolute atomic E-state index is 14.1. The lowest BCUT2D eigenvalue weighted by molar-refractivity contribution is -0.121. The number of halogens is 2. The van der Waals surface area contributed by atoms with Crippen molar-refractivity contribution in [2.45, 2.75) is 6.54 Å². The van der Waals surface area contributed by atoms with Crippen molar-refractivity contribution in [3.05, 3.63) is 83.1 Å². The van der Waals surface area contributed by atoms with E-state index in [1.165, 1.54) is 11.0 Å². The third-order valence-corrected chi connectivity index (χ3v) is 4.91. The number of anilines is 2. The minimum Gasteiger partial charge on any atom is -0.484 e. The van der Waals surface area contributed by atoms with Crippen molar-refractivity contribution in [2.75, 3.05) is 23.4 Å². The van der Waals surface area contributed by atoms with Crippen molar-refractivity contribution in [3.63, 3.8) is 0 Å². The molecule has 0 aromatic heterocycles. The third kappa shape index (κ3) is 4.95. The molecule has 4 rings (SSSR count). The van der Waals surface area contributed by atoms with E-state index < -0.39 is 5.82 Å². The highest BCUT2D eigenvalue weighted by Gasteiger charge is 2.27. The highest BCUT2D eigenvalue weighted by Crippen LogP contribution is 2.35. The summed E-state index contributed by atoms with van der Waals surface area (Å²) in [5, 5.41) is 3.30. The molecule has 1 heterocycles. The number of carbonyl (C=O) groups is 2. The molecule has 1 aliphatic rings. The second-order valence-corrected chi connectivity index (χ2v) is 7.27. The van der Waals surface area contributed by atoms with E-state index in [0.29, 0.717) is 33.5 Å². The number of rotatable bonds is 6. The summed E-state index contributed by atoms with van der Waals surface area (Å²) in [5.41, 5.74) is 1.30. The number of fused-ring (bicyclic) bond motifs is 1. The fraction of sp³-hybridized carbons (Fsp3) is 0.130. The smallest absolute Gasteiger partial charge is 0.265 e. The minimum absolute atomic E-state index is 0.0545. The molecular weight excluding hydrogens is 423 g/mol. The normalized spacial score (nSPS) is 12.7. The zero-order valence-electron chi connectivity index (χ0n) is 16.3. The van der Waals surface area contributed by atoms with Crippen LogP contribution in [0.3, 0.4) is 0 Å². The number of ether oxygens (including phenoxy) is 2. The molecule has 0 unspecified atom stereocenters.